The van der Waals surface area contributed by atoms with Gasteiger partial charge < -0.3 is 10.0 Å². The van der Waals surface area contributed by atoms with Gasteiger partial charge in [-0.15, -0.1) is 0 Å². The van der Waals surface area contributed by atoms with Gasteiger partial charge in [-0.2, -0.15) is 0 Å². The third-order valence-electron chi connectivity index (χ3n) is 5.28. The minimum absolute atomic E-state index is 0.0749. The molecule has 2 bridgehead atoms. The maximum Gasteiger partial charge on any atom is 0.307 e. The molecule has 0 unspecified atom stereocenters. The number of fused-ring (bicyclic) bond motifs is 2. The number of carbonyl (C=O) groups excluding carboxylic acids is 1. The summed E-state index contributed by atoms with van der Waals surface area (Å²) in [6, 6.07) is 0. The van der Waals surface area contributed by atoms with Gasteiger partial charge in [0.05, 0.1) is 11.8 Å². The minimum Gasteiger partial charge on any atom is -0.481 e. The molecule has 0 aromatic carbocycles. The lowest BCUT2D eigenvalue weighted by atomic mass is 9.79. The van der Waals surface area contributed by atoms with Crippen LogP contribution >= 0.6 is 0 Å². The summed E-state index contributed by atoms with van der Waals surface area (Å²) in [6.45, 7) is 3.47. The molecule has 1 saturated heterocycles. The van der Waals surface area contributed by atoms with Gasteiger partial charge in [-0.25, -0.2) is 5.01 Å². The van der Waals surface area contributed by atoms with E-state index in [9.17, 15) is 14.7 Å². The number of nitrogens with one attached hydrogen (secondary N) is 1. The van der Waals surface area contributed by atoms with E-state index in [1.54, 1.807) is 0 Å². The highest BCUT2D eigenvalue weighted by atomic mass is 16.4. The molecule has 3 rings (SSSR count). The highest BCUT2D eigenvalue weighted by molar-refractivity contribution is 5.85. The summed E-state index contributed by atoms with van der Waals surface area (Å²) < 4.78 is 0. The van der Waals surface area contributed by atoms with Gasteiger partial charge in [0.2, 0.25) is 5.91 Å². The number of carboxylic acids is 1. The normalized spacial score (nSPS) is 38.0. The molecular weight excluding hydrogens is 258 g/mol. The minimum atomic E-state index is -0.796. The monoisotopic (exact) mass is 281 g/mol. The Balaban J connectivity index is 1.63. The number of hydrogen-bond acceptors (Lipinski definition) is 4. The number of rotatable bonds is 3. The molecule has 0 spiro atoms. The quantitative estimate of drug-likeness (QED) is 0.762. The molecule has 1 heterocycles. The van der Waals surface area contributed by atoms with E-state index in [4.69, 9.17) is 0 Å². The summed E-state index contributed by atoms with van der Waals surface area (Å²) in [4.78, 5) is 26.1. The number of piperazine rings is 1. The Hall–Kier alpha value is -1.14. The Morgan fingerprint density at radius 1 is 1.05 bits per heavy atom. The molecule has 2 aliphatic carbocycles. The van der Waals surface area contributed by atoms with Gasteiger partial charge in [0.25, 0.3) is 0 Å². The average Bonchev–Trinajstić information content (AvgIpc) is 3.01. The van der Waals surface area contributed by atoms with Gasteiger partial charge in [0.1, 0.15) is 0 Å². The van der Waals surface area contributed by atoms with E-state index in [0.717, 1.165) is 45.4 Å². The van der Waals surface area contributed by atoms with E-state index >= 15 is 0 Å². The lowest BCUT2D eigenvalue weighted by Gasteiger charge is -2.35. The van der Waals surface area contributed by atoms with Gasteiger partial charge in [0.15, 0.2) is 0 Å². The van der Waals surface area contributed by atoms with Crippen molar-refractivity contribution in [2.75, 3.05) is 33.2 Å². The highest BCUT2D eigenvalue weighted by Gasteiger charge is 2.54. The third-order valence-corrected chi connectivity index (χ3v) is 5.28. The number of aliphatic carboxylic acids is 1. The Bertz CT molecular complexity index is 406. The Labute approximate surface area is 119 Å². The van der Waals surface area contributed by atoms with E-state index in [1.165, 1.54) is 0 Å². The number of carbonyl (C=O) groups is 2. The predicted octanol–water partition coefficient (Wildman–Crippen LogP) is 0.0119. The second kappa shape index (κ2) is 5.33. The maximum atomic E-state index is 12.5. The largest absolute Gasteiger partial charge is 0.481 e. The molecule has 1 amide bonds. The SMILES string of the molecule is CN1CCN(NC(=O)[C@@H]2[C@H]3CC[C@@H](C3)[C@@H]2C(=O)O)CC1. The Morgan fingerprint density at radius 3 is 2.25 bits per heavy atom. The van der Waals surface area contributed by atoms with Crippen LogP contribution in [-0.2, 0) is 9.59 Å². The van der Waals surface area contributed by atoms with Crippen LogP contribution in [0.3, 0.4) is 0 Å². The molecule has 0 radical (unpaired) electrons. The maximum absolute atomic E-state index is 12.5. The topological polar surface area (TPSA) is 72.9 Å². The fraction of sp³-hybridized carbons (Fsp3) is 0.857. The van der Waals surface area contributed by atoms with E-state index < -0.39 is 11.9 Å². The first kappa shape index (κ1) is 13.8. The van der Waals surface area contributed by atoms with E-state index in [1.807, 2.05) is 5.01 Å². The number of hydrogen-bond donors (Lipinski definition) is 2. The first-order valence-corrected chi connectivity index (χ1v) is 7.53. The molecule has 112 valence electrons. The number of hydrazine groups is 1. The van der Waals surface area contributed by atoms with Crippen LogP contribution in [0.1, 0.15) is 19.3 Å². The van der Waals surface area contributed by atoms with Crippen LogP contribution in [0.25, 0.3) is 0 Å². The second-order valence-electron chi connectivity index (χ2n) is 6.49. The lowest BCUT2D eigenvalue weighted by molar-refractivity contribution is -0.151. The summed E-state index contributed by atoms with van der Waals surface area (Å²) in [5, 5.41) is 11.3. The van der Waals surface area contributed by atoms with Gasteiger partial charge >= 0.3 is 5.97 Å². The fourth-order valence-corrected chi connectivity index (χ4v) is 4.17. The Morgan fingerprint density at radius 2 is 1.65 bits per heavy atom. The van der Waals surface area contributed by atoms with Gasteiger partial charge in [0, 0.05) is 26.2 Å². The molecule has 0 aromatic heterocycles. The van der Waals surface area contributed by atoms with Crippen molar-refractivity contribution in [3.63, 3.8) is 0 Å². The van der Waals surface area contributed by atoms with Gasteiger partial charge in [-0.05, 0) is 38.1 Å². The summed E-state index contributed by atoms with van der Waals surface area (Å²) in [5.74, 6) is -1.19. The molecule has 2 N–H and O–H groups in total. The smallest absolute Gasteiger partial charge is 0.307 e. The molecule has 0 aromatic rings. The van der Waals surface area contributed by atoms with Crippen molar-refractivity contribution in [1.82, 2.24) is 15.3 Å². The van der Waals surface area contributed by atoms with Crippen molar-refractivity contribution in [1.29, 1.82) is 0 Å². The predicted molar refractivity (Wildman–Crippen MR) is 72.7 cm³/mol. The van der Waals surface area contributed by atoms with Crippen LogP contribution in [-0.4, -0.2) is 60.1 Å². The summed E-state index contributed by atoms with van der Waals surface area (Å²) in [7, 11) is 2.07. The van der Waals surface area contributed by atoms with Crippen LogP contribution in [0, 0.1) is 23.7 Å². The molecule has 6 heteroatoms. The van der Waals surface area contributed by atoms with E-state index in [0.29, 0.717) is 0 Å². The van der Waals surface area contributed by atoms with Crippen molar-refractivity contribution in [3.05, 3.63) is 0 Å². The van der Waals surface area contributed by atoms with Crippen molar-refractivity contribution in [2.45, 2.75) is 19.3 Å². The van der Waals surface area contributed by atoms with E-state index in [2.05, 4.69) is 17.4 Å². The fourth-order valence-electron chi connectivity index (χ4n) is 4.17. The number of nitrogens with zero attached hydrogens (tertiary/aromatic N) is 2. The molecule has 1 aliphatic heterocycles. The summed E-state index contributed by atoms with van der Waals surface area (Å²) >= 11 is 0. The van der Waals surface area contributed by atoms with Crippen molar-refractivity contribution in [2.24, 2.45) is 23.7 Å². The molecular formula is C14H23N3O3. The highest BCUT2D eigenvalue weighted by Crippen LogP contribution is 2.52. The third kappa shape index (κ3) is 2.42. The Kier molecular flexibility index (Phi) is 3.69. The van der Waals surface area contributed by atoms with E-state index in [-0.39, 0.29) is 23.7 Å². The average molecular weight is 281 g/mol. The number of likely N-dealkylation sites (N-methyl/N-ethyl adjacent to an activating group) is 1. The van der Waals surface area contributed by atoms with Gasteiger partial charge in [-0.1, -0.05) is 0 Å². The number of amides is 1. The zero-order chi connectivity index (χ0) is 14.3. The molecule has 4 atom stereocenters. The lowest BCUT2D eigenvalue weighted by Crippen LogP contribution is -2.55. The molecule has 6 nitrogen and oxygen atoms in total. The molecule has 3 aliphatic rings. The van der Waals surface area contributed by atoms with Crippen LogP contribution < -0.4 is 5.43 Å². The first-order valence-electron chi connectivity index (χ1n) is 7.53. The summed E-state index contributed by atoms with van der Waals surface area (Å²) in [6.07, 6.45) is 2.90. The zero-order valence-corrected chi connectivity index (χ0v) is 11.9. The van der Waals surface area contributed by atoms with Crippen LogP contribution in [0.2, 0.25) is 0 Å². The van der Waals surface area contributed by atoms with Crippen LogP contribution in [0.5, 0.6) is 0 Å². The van der Waals surface area contributed by atoms with Crippen molar-refractivity contribution >= 4 is 11.9 Å². The van der Waals surface area contributed by atoms with Crippen molar-refractivity contribution < 1.29 is 14.7 Å². The summed E-state index contributed by atoms with van der Waals surface area (Å²) in [5.41, 5.74) is 2.96. The number of carboxylic acid groups (broad SMARTS) is 1. The van der Waals surface area contributed by atoms with Crippen molar-refractivity contribution in [3.8, 4) is 0 Å². The van der Waals surface area contributed by atoms with Crippen LogP contribution in [0.15, 0.2) is 0 Å². The van der Waals surface area contributed by atoms with Gasteiger partial charge in [-0.3, -0.25) is 15.0 Å². The molecule has 20 heavy (non-hydrogen) atoms. The second-order valence-corrected chi connectivity index (χ2v) is 6.49. The molecule has 3 fully saturated rings. The molecule has 2 saturated carbocycles. The standard InChI is InChI=1S/C14H23N3O3/c1-16-4-6-17(7-5-16)15-13(18)11-9-2-3-10(8-9)12(11)14(19)20/h9-12H,2-8H2,1H3,(H,15,18)(H,19,20)/t9-,10-,11+,12-/m0/s1. The first-order chi connectivity index (χ1) is 9.56. The zero-order valence-electron chi connectivity index (χ0n) is 11.9. The van der Waals surface area contributed by atoms with Crippen LogP contribution in [0.4, 0.5) is 0 Å².